The molecule has 0 aromatic carbocycles. The van der Waals surface area contributed by atoms with Gasteiger partial charge < -0.3 is 21.1 Å². The number of hydrogen-bond donors (Lipinski definition) is 3. The van der Waals surface area contributed by atoms with Crippen LogP contribution in [-0.2, 0) is 14.4 Å². The number of β-lactam (4-membered cyclic amide) rings is 1. The number of carboxylic acid groups (broad SMARTS) is 1. The van der Waals surface area contributed by atoms with Crippen molar-refractivity contribution in [1.82, 2.24) is 10.2 Å². The fourth-order valence-corrected chi connectivity index (χ4v) is 9.07. The Balaban J connectivity index is 1.27. The van der Waals surface area contributed by atoms with Crippen LogP contribution in [0.1, 0.15) is 58.8 Å². The Morgan fingerprint density at radius 1 is 1.25 bits per heavy atom. The van der Waals surface area contributed by atoms with Gasteiger partial charge >= 0.3 is 5.97 Å². The summed E-state index contributed by atoms with van der Waals surface area (Å²) in [5.41, 5.74) is 6.52. The van der Waals surface area contributed by atoms with Crippen LogP contribution in [0.2, 0.25) is 0 Å². The molecule has 6 rings (SSSR count). The molecule has 6 fully saturated rings. The molecule has 5 atom stereocenters. The van der Waals surface area contributed by atoms with Gasteiger partial charge in [0.2, 0.25) is 11.8 Å². The van der Waals surface area contributed by atoms with Crippen LogP contribution < -0.4 is 11.1 Å². The van der Waals surface area contributed by atoms with Gasteiger partial charge in [-0.1, -0.05) is 0 Å². The van der Waals surface area contributed by atoms with Crippen LogP contribution in [0.25, 0.3) is 0 Å². The maximum Gasteiger partial charge on any atom is 0.327 e. The summed E-state index contributed by atoms with van der Waals surface area (Å²) >= 11 is 1.47. The van der Waals surface area contributed by atoms with Crippen molar-refractivity contribution < 1.29 is 19.5 Å². The number of nitrogens with one attached hydrogen (secondary N) is 1. The largest absolute Gasteiger partial charge is 0.480 e. The summed E-state index contributed by atoms with van der Waals surface area (Å²) in [5, 5.41) is 12.2. The van der Waals surface area contributed by atoms with E-state index in [1.165, 1.54) is 23.1 Å². The monoisotopic (exact) mass is 407 g/mol. The molecule has 0 aromatic rings. The summed E-state index contributed by atoms with van der Waals surface area (Å²) in [5.74, 6) is -0.0601. The molecule has 2 aliphatic heterocycles. The summed E-state index contributed by atoms with van der Waals surface area (Å²) in [4.78, 5) is 38.6. The first kappa shape index (κ1) is 18.7. The van der Waals surface area contributed by atoms with E-state index in [4.69, 9.17) is 5.73 Å². The number of carbonyl (C=O) groups excluding carboxylic acids is 2. The molecule has 4 saturated carbocycles. The fraction of sp³-hybridized carbons (Fsp3) is 0.850. The van der Waals surface area contributed by atoms with E-state index in [0.29, 0.717) is 18.3 Å². The third-order valence-corrected chi connectivity index (χ3v) is 9.33. The van der Waals surface area contributed by atoms with Crippen LogP contribution in [0.3, 0.4) is 0 Å². The molecule has 154 valence electrons. The van der Waals surface area contributed by atoms with Gasteiger partial charge in [-0.15, -0.1) is 11.8 Å². The Hall–Kier alpha value is -1.28. The Bertz CT molecular complexity index is 755. The second kappa shape index (κ2) is 5.65. The molecule has 4 bridgehead atoms. The van der Waals surface area contributed by atoms with E-state index in [-0.39, 0.29) is 28.1 Å². The summed E-state index contributed by atoms with van der Waals surface area (Å²) in [6, 6.07) is -1.45. The van der Waals surface area contributed by atoms with Crippen LogP contribution in [0.4, 0.5) is 0 Å². The SMILES string of the molecule is CC1(C)S[C@@H]2[C@H](NC(=O)CC34CC5CC(CC(N)(C5)C3)C4)C(=O)N2[C@H]1C(=O)O. The molecular formula is C20H29N3O4S. The van der Waals surface area contributed by atoms with Gasteiger partial charge in [-0.05, 0) is 69.6 Å². The molecule has 2 heterocycles. The molecule has 8 heteroatoms. The lowest BCUT2D eigenvalue weighted by Gasteiger charge is -2.61. The van der Waals surface area contributed by atoms with E-state index < -0.39 is 22.8 Å². The van der Waals surface area contributed by atoms with E-state index in [1.54, 1.807) is 0 Å². The normalized spacial score (nSPS) is 47.6. The van der Waals surface area contributed by atoms with Gasteiger partial charge in [0.25, 0.3) is 0 Å². The van der Waals surface area contributed by atoms with E-state index in [1.807, 2.05) is 13.8 Å². The Labute approximate surface area is 169 Å². The smallest absolute Gasteiger partial charge is 0.327 e. The van der Waals surface area contributed by atoms with Crippen molar-refractivity contribution in [2.75, 3.05) is 0 Å². The summed E-state index contributed by atoms with van der Waals surface area (Å²) in [6.45, 7) is 3.69. The standard InChI is InChI=1S/C20H29N3O4S/c1-18(2)14(17(26)27)23-15(25)13(16(23)28-18)22-12(24)8-19-4-10-3-11(5-19)7-20(21,6-10)9-19/h10-11,13-14,16H,3-9,21H2,1-2H3,(H,22,24)(H,26,27)/t10?,11?,13-,14+,16-,19?,20?/m1/s1. The number of amides is 2. The molecule has 28 heavy (non-hydrogen) atoms. The predicted octanol–water partition coefficient (Wildman–Crippen LogP) is 1.31. The molecule has 4 aliphatic carbocycles. The molecule has 2 unspecified atom stereocenters. The maximum atomic E-state index is 12.9. The first-order chi connectivity index (χ1) is 13.0. The van der Waals surface area contributed by atoms with E-state index in [2.05, 4.69) is 5.32 Å². The zero-order chi connectivity index (χ0) is 20.1. The van der Waals surface area contributed by atoms with Crippen molar-refractivity contribution in [2.24, 2.45) is 23.0 Å². The highest BCUT2D eigenvalue weighted by atomic mass is 32.2. The van der Waals surface area contributed by atoms with E-state index in [9.17, 15) is 19.5 Å². The van der Waals surface area contributed by atoms with Gasteiger partial charge in [-0.25, -0.2) is 4.79 Å². The highest BCUT2D eigenvalue weighted by molar-refractivity contribution is 8.01. The van der Waals surface area contributed by atoms with Gasteiger partial charge in [-0.2, -0.15) is 0 Å². The zero-order valence-electron chi connectivity index (χ0n) is 16.4. The minimum atomic E-state index is -0.986. The van der Waals surface area contributed by atoms with Gasteiger partial charge in [-0.3, -0.25) is 9.59 Å². The molecule has 2 saturated heterocycles. The fourth-order valence-electron chi connectivity index (χ4n) is 7.44. The number of carboxylic acids is 1. The van der Waals surface area contributed by atoms with Crippen molar-refractivity contribution in [2.45, 2.75) is 86.5 Å². The van der Waals surface area contributed by atoms with Crippen LogP contribution in [0.5, 0.6) is 0 Å². The lowest BCUT2D eigenvalue weighted by Crippen LogP contribution is -2.71. The Kier molecular flexibility index (Phi) is 3.78. The van der Waals surface area contributed by atoms with Gasteiger partial charge in [0.1, 0.15) is 17.5 Å². The maximum absolute atomic E-state index is 12.9. The lowest BCUT2D eigenvalue weighted by molar-refractivity contribution is -0.161. The summed E-state index contributed by atoms with van der Waals surface area (Å²) < 4.78 is -0.572. The van der Waals surface area contributed by atoms with Crippen molar-refractivity contribution >= 4 is 29.5 Å². The highest BCUT2D eigenvalue weighted by Gasteiger charge is 2.64. The molecule has 2 amide bonds. The van der Waals surface area contributed by atoms with Gasteiger partial charge in [0, 0.05) is 16.7 Å². The van der Waals surface area contributed by atoms with Gasteiger partial charge in [0.15, 0.2) is 0 Å². The number of hydrogen-bond acceptors (Lipinski definition) is 5. The number of rotatable bonds is 4. The second-order valence-corrected chi connectivity index (χ2v) is 12.4. The molecule has 4 N–H and O–H groups in total. The molecule has 0 radical (unpaired) electrons. The molecule has 0 aromatic heterocycles. The van der Waals surface area contributed by atoms with Crippen molar-refractivity contribution in [3.8, 4) is 0 Å². The number of thioether (sulfide) groups is 1. The lowest BCUT2D eigenvalue weighted by atomic mass is 9.46. The first-order valence-electron chi connectivity index (χ1n) is 10.3. The predicted molar refractivity (Wildman–Crippen MR) is 104 cm³/mol. The van der Waals surface area contributed by atoms with Crippen molar-refractivity contribution in [1.29, 1.82) is 0 Å². The van der Waals surface area contributed by atoms with Crippen LogP contribution in [0.15, 0.2) is 0 Å². The first-order valence-corrected chi connectivity index (χ1v) is 11.2. The highest BCUT2D eigenvalue weighted by Crippen LogP contribution is 2.62. The van der Waals surface area contributed by atoms with Crippen LogP contribution in [0, 0.1) is 17.3 Å². The number of nitrogens with two attached hydrogens (primary N) is 1. The third kappa shape index (κ3) is 2.63. The number of carbonyl (C=O) groups is 3. The zero-order valence-corrected chi connectivity index (χ0v) is 17.3. The Morgan fingerprint density at radius 2 is 1.89 bits per heavy atom. The third-order valence-electron chi connectivity index (χ3n) is 7.75. The molecular weight excluding hydrogens is 378 g/mol. The average Bonchev–Trinajstić information content (AvgIpc) is 2.78. The quantitative estimate of drug-likeness (QED) is 0.606. The number of nitrogens with zero attached hydrogens (tertiary/aromatic N) is 1. The Morgan fingerprint density at radius 3 is 2.46 bits per heavy atom. The topological polar surface area (TPSA) is 113 Å². The molecule has 0 spiro atoms. The number of aliphatic carboxylic acids is 1. The molecule has 7 nitrogen and oxygen atoms in total. The summed E-state index contributed by atoms with van der Waals surface area (Å²) in [7, 11) is 0. The summed E-state index contributed by atoms with van der Waals surface area (Å²) in [6.07, 6.45) is 6.94. The number of fused-ring (bicyclic) bond motifs is 1. The van der Waals surface area contributed by atoms with Gasteiger partial charge in [0.05, 0.1) is 0 Å². The minimum absolute atomic E-state index is 0.0128. The van der Waals surface area contributed by atoms with Crippen LogP contribution in [-0.4, -0.2) is 55.5 Å². The van der Waals surface area contributed by atoms with Crippen molar-refractivity contribution in [3.63, 3.8) is 0 Å². The average molecular weight is 408 g/mol. The minimum Gasteiger partial charge on any atom is -0.480 e. The van der Waals surface area contributed by atoms with Crippen LogP contribution >= 0.6 is 11.8 Å². The van der Waals surface area contributed by atoms with E-state index in [0.717, 1.165) is 32.1 Å². The second-order valence-electron chi connectivity index (χ2n) is 10.6. The van der Waals surface area contributed by atoms with Crippen molar-refractivity contribution in [3.05, 3.63) is 0 Å². The molecule has 6 aliphatic rings. The van der Waals surface area contributed by atoms with E-state index >= 15 is 0 Å².